The molecule has 0 saturated carbocycles. The SMILES string of the molecule is Cn1cc(C(=O)N2CCC(c3nnc(-c4ccoc4)o3)CC2)nn1. The van der Waals surface area contributed by atoms with Gasteiger partial charge in [-0.3, -0.25) is 9.48 Å². The van der Waals surface area contributed by atoms with E-state index in [1.807, 2.05) is 0 Å². The highest BCUT2D eigenvalue weighted by Crippen LogP contribution is 2.29. The van der Waals surface area contributed by atoms with E-state index in [0.29, 0.717) is 30.6 Å². The Labute approximate surface area is 137 Å². The summed E-state index contributed by atoms with van der Waals surface area (Å²) in [5.74, 6) is 1.13. The van der Waals surface area contributed by atoms with Crippen LogP contribution < -0.4 is 0 Å². The van der Waals surface area contributed by atoms with Gasteiger partial charge in [0.15, 0.2) is 5.69 Å². The van der Waals surface area contributed by atoms with Gasteiger partial charge in [0.05, 0.1) is 18.0 Å². The summed E-state index contributed by atoms with van der Waals surface area (Å²) in [5, 5.41) is 15.9. The number of rotatable bonds is 3. The molecule has 1 aliphatic rings. The first-order chi connectivity index (χ1) is 11.7. The standard InChI is InChI=1S/C15H16N6O3/c1-20-8-12(16-19-20)15(22)21-5-2-10(3-6-21)13-17-18-14(24-13)11-4-7-23-9-11/h4,7-10H,2-3,5-6H2,1H3. The molecule has 1 amide bonds. The largest absolute Gasteiger partial charge is 0.472 e. The molecule has 124 valence electrons. The van der Waals surface area contributed by atoms with Crippen molar-refractivity contribution >= 4 is 5.91 Å². The van der Waals surface area contributed by atoms with Crippen LogP contribution in [0.15, 0.2) is 33.6 Å². The van der Waals surface area contributed by atoms with Gasteiger partial charge in [-0.15, -0.1) is 15.3 Å². The van der Waals surface area contributed by atoms with Crippen molar-refractivity contribution < 1.29 is 13.6 Å². The van der Waals surface area contributed by atoms with Gasteiger partial charge in [0.1, 0.15) is 6.26 Å². The van der Waals surface area contributed by atoms with Crippen molar-refractivity contribution in [2.75, 3.05) is 13.1 Å². The Hall–Kier alpha value is -2.97. The maximum atomic E-state index is 12.4. The van der Waals surface area contributed by atoms with Crippen molar-refractivity contribution in [2.24, 2.45) is 7.05 Å². The Morgan fingerprint density at radius 3 is 2.75 bits per heavy atom. The summed E-state index contributed by atoms with van der Waals surface area (Å²) in [7, 11) is 1.74. The predicted octanol–water partition coefficient (Wildman–Crippen LogP) is 1.48. The van der Waals surface area contributed by atoms with E-state index in [0.717, 1.165) is 18.4 Å². The minimum absolute atomic E-state index is 0.0915. The summed E-state index contributed by atoms with van der Waals surface area (Å²) < 4.78 is 12.3. The summed E-state index contributed by atoms with van der Waals surface area (Å²) in [5.41, 5.74) is 1.14. The second-order valence-corrected chi connectivity index (χ2v) is 5.80. The highest BCUT2D eigenvalue weighted by molar-refractivity contribution is 5.92. The molecule has 24 heavy (non-hydrogen) atoms. The van der Waals surface area contributed by atoms with Gasteiger partial charge >= 0.3 is 0 Å². The zero-order valence-corrected chi connectivity index (χ0v) is 13.1. The van der Waals surface area contributed by atoms with E-state index in [2.05, 4.69) is 20.5 Å². The fourth-order valence-corrected chi connectivity index (χ4v) is 2.84. The van der Waals surface area contributed by atoms with Crippen molar-refractivity contribution in [3.63, 3.8) is 0 Å². The number of carbonyl (C=O) groups excluding carboxylic acids is 1. The molecule has 0 N–H and O–H groups in total. The van der Waals surface area contributed by atoms with E-state index < -0.39 is 0 Å². The van der Waals surface area contributed by atoms with Gasteiger partial charge in [-0.25, -0.2) is 0 Å². The second kappa shape index (κ2) is 5.91. The lowest BCUT2D eigenvalue weighted by molar-refractivity contribution is 0.0700. The molecule has 3 aromatic rings. The molecular formula is C15H16N6O3. The maximum absolute atomic E-state index is 12.4. The van der Waals surface area contributed by atoms with E-state index in [1.165, 1.54) is 4.68 Å². The number of aryl methyl sites for hydroxylation is 1. The molecular weight excluding hydrogens is 312 g/mol. The third-order valence-corrected chi connectivity index (χ3v) is 4.16. The average Bonchev–Trinajstić information content (AvgIpc) is 3.35. The molecule has 0 aromatic carbocycles. The van der Waals surface area contributed by atoms with E-state index in [9.17, 15) is 4.79 Å². The van der Waals surface area contributed by atoms with Crippen molar-refractivity contribution in [2.45, 2.75) is 18.8 Å². The van der Waals surface area contributed by atoms with Gasteiger partial charge in [0.25, 0.3) is 11.8 Å². The predicted molar refractivity (Wildman–Crippen MR) is 80.9 cm³/mol. The molecule has 1 aliphatic heterocycles. The van der Waals surface area contributed by atoms with Crippen molar-refractivity contribution in [1.82, 2.24) is 30.1 Å². The number of carbonyl (C=O) groups is 1. The van der Waals surface area contributed by atoms with Crippen molar-refractivity contribution in [3.05, 3.63) is 36.4 Å². The second-order valence-electron chi connectivity index (χ2n) is 5.80. The third kappa shape index (κ3) is 2.68. The summed E-state index contributed by atoms with van der Waals surface area (Å²) in [6.45, 7) is 1.26. The van der Waals surface area contributed by atoms with Crippen LogP contribution in [0.5, 0.6) is 0 Å². The van der Waals surface area contributed by atoms with Gasteiger partial charge < -0.3 is 13.7 Å². The first-order valence-electron chi connectivity index (χ1n) is 7.72. The number of hydrogen-bond acceptors (Lipinski definition) is 7. The van der Waals surface area contributed by atoms with Gasteiger partial charge in [-0.2, -0.15) is 0 Å². The quantitative estimate of drug-likeness (QED) is 0.717. The molecule has 0 spiro atoms. The normalized spacial score (nSPS) is 15.8. The summed E-state index contributed by atoms with van der Waals surface area (Å²) >= 11 is 0. The smallest absolute Gasteiger partial charge is 0.276 e. The molecule has 1 saturated heterocycles. The van der Waals surface area contributed by atoms with E-state index in [-0.39, 0.29) is 11.8 Å². The lowest BCUT2D eigenvalue weighted by Crippen LogP contribution is -2.38. The number of aromatic nitrogens is 5. The number of nitrogens with zero attached hydrogens (tertiary/aromatic N) is 6. The van der Waals surface area contributed by atoms with Crippen molar-refractivity contribution in [1.29, 1.82) is 0 Å². The summed E-state index contributed by atoms with van der Waals surface area (Å²) in [6, 6.07) is 1.78. The van der Waals surface area contributed by atoms with Crippen LogP contribution in [0.2, 0.25) is 0 Å². The molecule has 9 heteroatoms. The molecule has 0 unspecified atom stereocenters. The fourth-order valence-electron chi connectivity index (χ4n) is 2.84. The highest BCUT2D eigenvalue weighted by Gasteiger charge is 2.29. The monoisotopic (exact) mass is 328 g/mol. The first-order valence-corrected chi connectivity index (χ1v) is 7.72. The molecule has 1 fully saturated rings. The number of likely N-dealkylation sites (tertiary alicyclic amines) is 1. The van der Waals surface area contributed by atoms with Crippen LogP contribution in [0.1, 0.15) is 35.1 Å². The van der Waals surface area contributed by atoms with Gasteiger partial charge in [-0.05, 0) is 18.9 Å². The van der Waals surface area contributed by atoms with E-state index >= 15 is 0 Å². The van der Waals surface area contributed by atoms with Gasteiger partial charge in [-0.1, -0.05) is 5.21 Å². The molecule has 0 aliphatic carbocycles. The first kappa shape index (κ1) is 14.6. The van der Waals surface area contributed by atoms with Crippen LogP contribution in [0.25, 0.3) is 11.5 Å². The highest BCUT2D eigenvalue weighted by atomic mass is 16.4. The molecule has 4 heterocycles. The lowest BCUT2D eigenvalue weighted by atomic mass is 9.96. The van der Waals surface area contributed by atoms with E-state index in [4.69, 9.17) is 8.83 Å². The number of amides is 1. The number of furan rings is 1. The Balaban J connectivity index is 1.40. The maximum Gasteiger partial charge on any atom is 0.276 e. The summed E-state index contributed by atoms with van der Waals surface area (Å²) in [4.78, 5) is 14.1. The zero-order valence-electron chi connectivity index (χ0n) is 13.1. The van der Waals surface area contributed by atoms with Crippen molar-refractivity contribution in [3.8, 4) is 11.5 Å². The summed E-state index contributed by atoms with van der Waals surface area (Å²) in [6.07, 6.45) is 6.32. The molecule has 9 nitrogen and oxygen atoms in total. The van der Waals surface area contributed by atoms with Crippen LogP contribution in [0, 0.1) is 0 Å². The van der Waals surface area contributed by atoms with Crippen LogP contribution in [0.3, 0.4) is 0 Å². The molecule has 3 aromatic heterocycles. The Bertz CT molecular complexity index is 829. The minimum atomic E-state index is -0.0915. The topological polar surface area (TPSA) is 103 Å². The van der Waals surface area contributed by atoms with Crippen LogP contribution in [0.4, 0.5) is 0 Å². The fraction of sp³-hybridized carbons (Fsp3) is 0.400. The average molecular weight is 328 g/mol. The zero-order chi connectivity index (χ0) is 16.5. The Morgan fingerprint density at radius 2 is 2.08 bits per heavy atom. The van der Waals surface area contributed by atoms with Crippen LogP contribution >= 0.6 is 0 Å². The van der Waals surface area contributed by atoms with Gasteiger partial charge in [0.2, 0.25) is 5.89 Å². The molecule has 0 bridgehead atoms. The third-order valence-electron chi connectivity index (χ3n) is 4.16. The molecule has 4 rings (SSSR count). The Kier molecular flexibility index (Phi) is 3.60. The van der Waals surface area contributed by atoms with Gasteiger partial charge in [0, 0.05) is 26.1 Å². The van der Waals surface area contributed by atoms with Crippen LogP contribution in [-0.4, -0.2) is 49.1 Å². The number of piperidine rings is 1. The molecule has 0 atom stereocenters. The minimum Gasteiger partial charge on any atom is -0.472 e. The van der Waals surface area contributed by atoms with E-state index in [1.54, 1.807) is 36.7 Å². The lowest BCUT2D eigenvalue weighted by Gasteiger charge is -2.29. The van der Waals surface area contributed by atoms with Crippen LogP contribution in [-0.2, 0) is 7.05 Å². The Morgan fingerprint density at radius 1 is 1.25 bits per heavy atom. The molecule has 0 radical (unpaired) electrons. The number of hydrogen-bond donors (Lipinski definition) is 0.